The SMILES string of the molecule is COc1ccccc1C(=O)Nc1ccc(OCC(=O)c2ccccc2)cc1. The fraction of sp³-hybridized carbons (Fsp3) is 0.0909. The van der Waals surface area contributed by atoms with Gasteiger partial charge in [0.2, 0.25) is 0 Å². The predicted octanol–water partition coefficient (Wildman–Crippen LogP) is 4.21. The maximum absolute atomic E-state index is 12.4. The van der Waals surface area contributed by atoms with Crippen molar-refractivity contribution in [2.24, 2.45) is 0 Å². The highest BCUT2D eigenvalue weighted by Crippen LogP contribution is 2.21. The molecule has 1 amide bonds. The molecule has 0 fully saturated rings. The number of anilines is 1. The number of carbonyl (C=O) groups excluding carboxylic acids is 2. The lowest BCUT2D eigenvalue weighted by Crippen LogP contribution is -2.13. The number of hydrogen-bond donors (Lipinski definition) is 1. The molecule has 0 spiro atoms. The molecule has 0 heterocycles. The largest absolute Gasteiger partial charge is 0.496 e. The maximum atomic E-state index is 12.4. The fourth-order valence-electron chi connectivity index (χ4n) is 2.52. The number of nitrogens with one attached hydrogen (secondary N) is 1. The van der Waals surface area contributed by atoms with E-state index in [1.165, 1.54) is 7.11 Å². The van der Waals surface area contributed by atoms with Crippen molar-refractivity contribution in [2.45, 2.75) is 0 Å². The third-order valence-corrected chi connectivity index (χ3v) is 3.93. The van der Waals surface area contributed by atoms with E-state index < -0.39 is 0 Å². The second-order valence-corrected chi connectivity index (χ2v) is 5.76. The smallest absolute Gasteiger partial charge is 0.259 e. The summed E-state index contributed by atoms with van der Waals surface area (Å²) in [5.41, 5.74) is 1.68. The van der Waals surface area contributed by atoms with Crippen molar-refractivity contribution in [3.05, 3.63) is 90.0 Å². The summed E-state index contributed by atoms with van der Waals surface area (Å²) in [5.74, 6) is 0.702. The summed E-state index contributed by atoms with van der Waals surface area (Å²) in [7, 11) is 1.52. The maximum Gasteiger partial charge on any atom is 0.259 e. The summed E-state index contributed by atoms with van der Waals surface area (Å²) in [5, 5.41) is 2.81. The third kappa shape index (κ3) is 4.73. The number of amides is 1. The quantitative estimate of drug-likeness (QED) is 0.640. The van der Waals surface area contributed by atoms with Gasteiger partial charge in [-0.3, -0.25) is 9.59 Å². The van der Waals surface area contributed by atoms with E-state index in [9.17, 15) is 9.59 Å². The highest BCUT2D eigenvalue weighted by atomic mass is 16.5. The molecule has 27 heavy (non-hydrogen) atoms. The zero-order valence-electron chi connectivity index (χ0n) is 14.8. The summed E-state index contributed by atoms with van der Waals surface area (Å²) >= 11 is 0. The number of carbonyl (C=O) groups is 2. The van der Waals surface area contributed by atoms with E-state index in [1.54, 1.807) is 60.7 Å². The molecule has 3 aromatic rings. The van der Waals surface area contributed by atoms with Crippen LogP contribution in [0.25, 0.3) is 0 Å². The molecule has 0 aliphatic rings. The highest BCUT2D eigenvalue weighted by Gasteiger charge is 2.12. The van der Waals surface area contributed by atoms with Gasteiger partial charge < -0.3 is 14.8 Å². The molecule has 3 rings (SSSR count). The van der Waals surface area contributed by atoms with Crippen LogP contribution in [0.4, 0.5) is 5.69 Å². The first kappa shape index (κ1) is 18.2. The molecule has 3 aromatic carbocycles. The lowest BCUT2D eigenvalue weighted by molar-refractivity contribution is 0.0921. The van der Waals surface area contributed by atoms with Crippen molar-refractivity contribution in [3.8, 4) is 11.5 Å². The highest BCUT2D eigenvalue weighted by molar-refractivity contribution is 6.06. The number of ether oxygens (including phenoxy) is 2. The Kier molecular flexibility index (Phi) is 5.84. The first-order chi connectivity index (χ1) is 13.2. The molecule has 0 saturated heterocycles. The monoisotopic (exact) mass is 361 g/mol. The topological polar surface area (TPSA) is 64.6 Å². The minimum absolute atomic E-state index is 0.0447. The van der Waals surface area contributed by atoms with Crippen molar-refractivity contribution >= 4 is 17.4 Å². The van der Waals surface area contributed by atoms with Crippen LogP contribution in [-0.2, 0) is 0 Å². The van der Waals surface area contributed by atoms with E-state index in [-0.39, 0.29) is 18.3 Å². The van der Waals surface area contributed by atoms with Gasteiger partial charge in [-0.05, 0) is 36.4 Å². The number of methoxy groups -OCH3 is 1. The molecule has 136 valence electrons. The summed E-state index contributed by atoms with van der Waals surface area (Å²) in [6.07, 6.45) is 0. The normalized spacial score (nSPS) is 10.1. The summed E-state index contributed by atoms with van der Waals surface area (Å²) in [4.78, 5) is 24.4. The van der Waals surface area contributed by atoms with Crippen LogP contribution < -0.4 is 14.8 Å². The van der Waals surface area contributed by atoms with Gasteiger partial charge in [-0.1, -0.05) is 42.5 Å². The zero-order chi connectivity index (χ0) is 19.1. The van der Waals surface area contributed by atoms with Crippen LogP contribution in [0.15, 0.2) is 78.9 Å². The van der Waals surface area contributed by atoms with E-state index >= 15 is 0 Å². The molecule has 0 atom stereocenters. The Labute approximate surface area is 157 Å². The molecule has 0 unspecified atom stereocenters. The number of para-hydroxylation sites is 1. The van der Waals surface area contributed by atoms with Gasteiger partial charge in [0.25, 0.3) is 5.91 Å². The summed E-state index contributed by atoms with van der Waals surface area (Å²) in [6, 6.07) is 22.8. The van der Waals surface area contributed by atoms with E-state index in [0.717, 1.165) is 0 Å². The van der Waals surface area contributed by atoms with E-state index in [2.05, 4.69) is 5.32 Å². The Morgan fingerprint density at radius 3 is 2.22 bits per heavy atom. The second kappa shape index (κ2) is 8.67. The zero-order valence-corrected chi connectivity index (χ0v) is 14.8. The minimum atomic E-state index is -0.264. The Morgan fingerprint density at radius 2 is 1.52 bits per heavy atom. The number of rotatable bonds is 7. The molecule has 0 aliphatic carbocycles. The van der Waals surface area contributed by atoms with E-state index in [4.69, 9.17) is 9.47 Å². The molecular weight excluding hydrogens is 342 g/mol. The molecular formula is C22H19NO4. The van der Waals surface area contributed by atoms with Gasteiger partial charge in [-0.25, -0.2) is 0 Å². The van der Waals surface area contributed by atoms with Crippen LogP contribution >= 0.6 is 0 Å². The van der Waals surface area contributed by atoms with Gasteiger partial charge in [0.1, 0.15) is 11.5 Å². The van der Waals surface area contributed by atoms with Crippen molar-refractivity contribution in [1.82, 2.24) is 0 Å². The van der Waals surface area contributed by atoms with Crippen molar-refractivity contribution < 1.29 is 19.1 Å². The van der Waals surface area contributed by atoms with Gasteiger partial charge in [0, 0.05) is 11.3 Å². The Bertz CT molecular complexity index is 921. The van der Waals surface area contributed by atoms with Crippen LogP contribution in [0.5, 0.6) is 11.5 Å². The number of hydrogen-bond acceptors (Lipinski definition) is 4. The number of Topliss-reactive ketones (excluding diaryl/α,β-unsaturated/α-hetero) is 1. The van der Waals surface area contributed by atoms with Crippen LogP contribution in [0.2, 0.25) is 0 Å². The van der Waals surface area contributed by atoms with Gasteiger partial charge in [-0.15, -0.1) is 0 Å². The second-order valence-electron chi connectivity index (χ2n) is 5.76. The predicted molar refractivity (Wildman–Crippen MR) is 104 cm³/mol. The Morgan fingerprint density at radius 1 is 0.852 bits per heavy atom. The lowest BCUT2D eigenvalue weighted by atomic mass is 10.1. The minimum Gasteiger partial charge on any atom is -0.496 e. The lowest BCUT2D eigenvalue weighted by Gasteiger charge is -2.10. The van der Waals surface area contributed by atoms with Gasteiger partial charge >= 0.3 is 0 Å². The number of benzene rings is 3. The van der Waals surface area contributed by atoms with E-state index in [0.29, 0.717) is 28.3 Å². The molecule has 0 saturated carbocycles. The molecule has 0 aliphatic heterocycles. The summed E-state index contributed by atoms with van der Waals surface area (Å²) in [6.45, 7) is -0.0447. The fourth-order valence-corrected chi connectivity index (χ4v) is 2.52. The molecule has 5 nitrogen and oxygen atoms in total. The molecule has 5 heteroatoms. The molecule has 0 radical (unpaired) electrons. The van der Waals surface area contributed by atoms with Gasteiger partial charge in [-0.2, -0.15) is 0 Å². The first-order valence-corrected chi connectivity index (χ1v) is 8.43. The molecule has 0 bridgehead atoms. The third-order valence-electron chi connectivity index (χ3n) is 3.93. The van der Waals surface area contributed by atoms with Crippen LogP contribution in [0, 0.1) is 0 Å². The van der Waals surface area contributed by atoms with Crippen molar-refractivity contribution in [1.29, 1.82) is 0 Å². The Hall–Kier alpha value is -3.60. The Balaban J connectivity index is 1.59. The van der Waals surface area contributed by atoms with Crippen molar-refractivity contribution in [3.63, 3.8) is 0 Å². The average molecular weight is 361 g/mol. The number of ketones is 1. The van der Waals surface area contributed by atoms with Crippen LogP contribution in [0.1, 0.15) is 20.7 Å². The van der Waals surface area contributed by atoms with Gasteiger partial charge in [0.05, 0.1) is 12.7 Å². The van der Waals surface area contributed by atoms with Crippen LogP contribution in [-0.4, -0.2) is 25.4 Å². The summed E-state index contributed by atoms with van der Waals surface area (Å²) < 4.78 is 10.7. The first-order valence-electron chi connectivity index (χ1n) is 8.43. The molecule has 0 aromatic heterocycles. The van der Waals surface area contributed by atoms with Gasteiger partial charge in [0.15, 0.2) is 12.4 Å². The van der Waals surface area contributed by atoms with Crippen LogP contribution in [0.3, 0.4) is 0 Å². The molecule has 1 N–H and O–H groups in total. The average Bonchev–Trinajstić information content (AvgIpc) is 2.73. The van der Waals surface area contributed by atoms with Crippen molar-refractivity contribution in [2.75, 3.05) is 19.0 Å². The van der Waals surface area contributed by atoms with E-state index in [1.807, 2.05) is 18.2 Å². The standard InChI is InChI=1S/C22H19NO4/c1-26-21-10-6-5-9-19(21)22(25)23-17-11-13-18(14-12-17)27-15-20(24)16-7-3-2-4-8-16/h2-14H,15H2,1H3,(H,23,25).